The number of methoxy groups -OCH3 is 1. The predicted molar refractivity (Wildman–Crippen MR) is 96.2 cm³/mol. The Morgan fingerprint density at radius 1 is 1.39 bits per heavy atom. The van der Waals surface area contributed by atoms with E-state index in [4.69, 9.17) is 26.8 Å². The van der Waals surface area contributed by atoms with Gasteiger partial charge in [0.05, 0.1) is 18.7 Å². The highest BCUT2D eigenvalue weighted by Gasteiger charge is 2.22. The van der Waals surface area contributed by atoms with Crippen LogP contribution in [0.1, 0.15) is 38.1 Å². The average molecular weight is 365 g/mol. The summed E-state index contributed by atoms with van der Waals surface area (Å²) in [7, 11) is 1.51. The van der Waals surface area contributed by atoms with Gasteiger partial charge in [0.2, 0.25) is 0 Å². The Kier molecular flexibility index (Phi) is 8.74. The van der Waals surface area contributed by atoms with Gasteiger partial charge in [-0.25, -0.2) is 0 Å². The zero-order valence-electron chi connectivity index (χ0n) is 14.2. The topological polar surface area (TPSA) is 73.6 Å². The molecule has 1 aromatic rings. The van der Waals surface area contributed by atoms with E-state index in [9.17, 15) is 4.79 Å². The molecular formula is C16H26Cl2N2O3. The maximum absolute atomic E-state index is 12.3. The monoisotopic (exact) mass is 364 g/mol. The second-order valence-electron chi connectivity index (χ2n) is 6.24. The number of ether oxygens (including phenoxy) is 2. The molecule has 0 bridgehead atoms. The van der Waals surface area contributed by atoms with Gasteiger partial charge in [-0.1, -0.05) is 25.4 Å². The molecule has 1 amide bonds. The van der Waals surface area contributed by atoms with E-state index < -0.39 is 5.54 Å². The van der Waals surface area contributed by atoms with Crippen molar-refractivity contribution >= 4 is 29.9 Å². The minimum Gasteiger partial charge on any atom is -0.493 e. The maximum Gasteiger partial charge on any atom is 0.251 e. The molecule has 0 heterocycles. The number of rotatable bonds is 7. The van der Waals surface area contributed by atoms with Gasteiger partial charge in [-0.05, 0) is 31.9 Å². The molecular weight excluding hydrogens is 339 g/mol. The summed E-state index contributed by atoms with van der Waals surface area (Å²) in [6.07, 6.45) is 0. The van der Waals surface area contributed by atoms with E-state index in [-0.39, 0.29) is 18.3 Å². The van der Waals surface area contributed by atoms with Crippen molar-refractivity contribution in [3.63, 3.8) is 0 Å². The fourth-order valence-electron chi connectivity index (χ4n) is 1.67. The van der Waals surface area contributed by atoms with Crippen LogP contribution < -0.4 is 20.5 Å². The van der Waals surface area contributed by atoms with E-state index >= 15 is 0 Å². The largest absolute Gasteiger partial charge is 0.493 e. The van der Waals surface area contributed by atoms with Crippen LogP contribution in [-0.4, -0.2) is 31.7 Å². The Hall–Kier alpha value is -1.17. The van der Waals surface area contributed by atoms with E-state index in [1.54, 1.807) is 12.1 Å². The van der Waals surface area contributed by atoms with Crippen molar-refractivity contribution in [2.75, 3.05) is 20.3 Å². The predicted octanol–water partition coefficient (Wildman–Crippen LogP) is 3.27. The van der Waals surface area contributed by atoms with Crippen molar-refractivity contribution in [2.45, 2.75) is 33.2 Å². The number of nitrogens with two attached hydrogens (primary N) is 1. The molecule has 0 saturated carbocycles. The molecule has 7 heteroatoms. The van der Waals surface area contributed by atoms with Crippen LogP contribution in [0, 0.1) is 5.92 Å². The van der Waals surface area contributed by atoms with Crippen molar-refractivity contribution in [2.24, 2.45) is 11.7 Å². The highest BCUT2D eigenvalue weighted by Crippen LogP contribution is 2.36. The fourth-order valence-corrected chi connectivity index (χ4v) is 1.94. The highest BCUT2D eigenvalue weighted by atomic mass is 35.5. The minimum absolute atomic E-state index is 0. The van der Waals surface area contributed by atoms with Crippen LogP contribution in [0.2, 0.25) is 5.02 Å². The smallest absolute Gasteiger partial charge is 0.251 e. The molecule has 5 nitrogen and oxygen atoms in total. The van der Waals surface area contributed by atoms with Crippen molar-refractivity contribution in [1.82, 2.24) is 5.32 Å². The molecule has 23 heavy (non-hydrogen) atoms. The number of nitrogens with one attached hydrogen (secondary N) is 1. The molecule has 132 valence electrons. The van der Waals surface area contributed by atoms with Crippen molar-refractivity contribution < 1.29 is 14.3 Å². The van der Waals surface area contributed by atoms with E-state index in [0.29, 0.717) is 41.2 Å². The third-order valence-corrected chi connectivity index (χ3v) is 3.30. The Bertz CT molecular complexity index is 534. The van der Waals surface area contributed by atoms with E-state index in [1.807, 2.05) is 27.7 Å². The van der Waals surface area contributed by atoms with Gasteiger partial charge in [0.1, 0.15) is 0 Å². The summed E-state index contributed by atoms with van der Waals surface area (Å²) < 4.78 is 11.0. The summed E-state index contributed by atoms with van der Waals surface area (Å²) in [5, 5.41) is 3.19. The molecule has 1 rings (SSSR count). The lowest BCUT2D eigenvalue weighted by Crippen LogP contribution is -2.48. The number of benzene rings is 1. The summed E-state index contributed by atoms with van der Waals surface area (Å²) in [5.74, 6) is 0.983. The molecule has 0 saturated heterocycles. The van der Waals surface area contributed by atoms with Gasteiger partial charge >= 0.3 is 0 Å². The van der Waals surface area contributed by atoms with Crippen LogP contribution in [0.15, 0.2) is 12.1 Å². The van der Waals surface area contributed by atoms with Crippen LogP contribution in [0.4, 0.5) is 0 Å². The molecule has 0 aromatic heterocycles. The van der Waals surface area contributed by atoms with Crippen LogP contribution in [-0.2, 0) is 0 Å². The SMILES string of the molecule is COc1cc(C(=O)NC(C)(C)CN)cc(Cl)c1OCC(C)C.Cl. The molecule has 0 spiro atoms. The van der Waals surface area contributed by atoms with Gasteiger partial charge < -0.3 is 20.5 Å². The van der Waals surface area contributed by atoms with Gasteiger partial charge in [-0.3, -0.25) is 4.79 Å². The van der Waals surface area contributed by atoms with E-state index in [1.165, 1.54) is 7.11 Å². The summed E-state index contributed by atoms with van der Waals surface area (Å²) in [6, 6.07) is 3.19. The lowest BCUT2D eigenvalue weighted by molar-refractivity contribution is 0.0915. The van der Waals surface area contributed by atoms with Gasteiger partial charge in [-0.2, -0.15) is 0 Å². The molecule has 0 aliphatic rings. The first-order valence-electron chi connectivity index (χ1n) is 7.23. The van der Waals surface area contributed by atoms with Crippen LogP contribution in [0.25, 0.3) is 0 Å². The Morgan fingerprint density at radius 3 is 2.48 bits per heavy atom. The van der Waals surface area contributed by atoms with E-state index in [2.05, 4.69) is 5.32 Å². The van der Waals surface area contributed by atoms with Crippen LogP contribution >= 0.6 is 24.0 Å². The molecule has 0 atom stereocenters. The quantitative estimate of drug-likeness (QED) is 0.778. The highest BCUT2D eigenvalue weighted by molar-refractivity contribution is 6.32. The fraction of sp³-hybridized carbons (Fsp3) is 0.562. The van der Waals surface area contributed by atoms with Crippen molar-refractivity contribution in [3.8, 4) is 11.5 Å². The van der Waals surface area contributed by atoms with Gasteiger partial charge in [0.15, 0.2) is 11.5 Å². The average Bonchev–Trinajstić information content (AvgIpc) is 2.44. The van der Waals surface area contributed by atoms with Crippen molar-refractivity contribution in [1.29, 1.82) is 0 Å². The zero-order valence-corrected chi connectivity index (χ0v) is 15.8. The first-order chi connectivity index (χ1) is 10.2. The normalized spacial score (nSPS) is 11.0. The number of halogens is 2. The van der Waals surface area contributed by atoms with Gasteiger partial charge in [-0.15, -0.1) is 12.4 Å². The molecule has 3 N–H and O–H groups in total. The zero-order chi connectivity index (χ0) is 16.9. The third-order valence-electron chi connectivity index (χ3n) is 3.01. The van der Waals surface area contributed by atoms with Crippen molar-refractivity contribution in [3.05, 3.63) is 22.7 Å². The van der Waals surface area contributed by atoms with Crippen LogP contribution in [0.3, 0.4) is 0 Å². The molecule has 0 unspecified atom stereocenters. The lowest BCUT2D eigenvalue weighted by atomic mass is 10.0. The Labute approximate surface area is 149 Å². The number of carbonyl (C=O) groups is 1. The standard InChI is InChI=1S/C16H25ClN2O3.ClH/c1-10(2)8-22-14-12(17)6-11(7-13(14)21-5)15(20)19-16(3,4)9-18;/h6-7,10H,8-9,18H2,1-5H3,(H,19,20);1H. The summed E-state index contributed by atoms with van der Waals surface area (Å²) in [6.45, 7) is 8.63. The lowest BCUT2D eigenvalue weighted by Gasteiger charge is -2.24. The van der Waals surface area contributed by atoms with E-state index in [0.717, 1.165) is 0 Å². The number of carbonyl (C=O) groups excluding carboxylic acids is 1. The minimum atomic E-state index is -0.496. The number of hydrogen-bond donors (Lipinski definition) is 2. The summed E-state index contributed by atoms with van der Waals surface area (Å²) >= 11 is 6.24. The molecule has 0 aliphatic carbocycles. The summed E-state index contributed by atoms with van der Waals surface area (Å²) in [4.78, 5) is 12.3. The molecule has 1 aromatic carbocycles. The first kappa shape index (κ1) is 21.8. The molecule has 0 radical (unpaired) electrons. The maximum atomic E-state index is 12.3. The summed E-state index contributed by atoms with van der Waals surface area (Å²) in [5.41, 5.74) is 5.53. The van der Waals surface area contributed by atoms with Crippen LogP contribution in [0.5, 0.6) is 11.5 Å². The Morgan fingerprint density at radius 2 is 2.00 bits per heavy atom. The second-order valence-corrected chi connectivity index (χ2v) is 6.64. The van der Waals surface area contributed by atoms with Gasteiger partial charge in [0.25, 0.3) is 5.91 Å². The molecule has 0 fully saturated rings. The molecule has 0 aliphatic heterocycles. The van der Waals surface area contributed by atoms with Gasteiger partial charge in [0, 0.05) is 17.6 Å². The first-order valence-corrected chi connectivity index (χ1v) is 7.61. The Balaban J connectivity index is 0.00000484. The number of amides is 1. The second kappa shape index (κ2) is 9.21. The third kappa shape index (κ3) is 6.45. The number of hydrogen-bond acceptors (Lipinski definition) is 4.